The zero-order valence-corrected chi connectivity index (χ0v) is 17.4. The van der Waals surface area contributed by atoms with Crippen LogP contribution in [-0.4, -0.2) is 58.3 Å². The first-order chi connectivity index (χ1) is 14.7. The number of fused-ring (bicyclic) bond motifs is 1. The van der Waals surface area contributed by atoms with Gasteiger partial charge >= 0.3 is 0 Å². The van der Waals surface area contributed by atoms with Crippen molar-refractivity contribution in [2.45, 2.75) is 38.0 Å². The first kappa shape index (κ1) is 19.2. The highest BCUT2D eigenvalue weighted by Crippen LogP contribution is 2.33. The van der Waals surface area contributed by atoms with Gasteiger partial charge in [-0.2, -0.15) is 5.10 Å². The maximum absolute atomic E-state index is 13.8. The van der Waals surface area contributed by atoms with E-state index in [1.165, 1.54) is 31.4 Å². The highest BCUT2D eigenvalue weighted by Gasteiger charge is 2.23. The van der Waals surface area contributed by atoms with Crippen LogP contribution >= 0.6 is 0 Å². The van der Waals surface area contributed by atoms with Crippen molar-refractivity contribution in [3.63, 3.8) is 0 Å². The molecule has 0 amide bonds. The maximum Gasteiger partial charge on any atom is 0.161 e. The molecule has 7 nitrogen and oxygen atoms in total. The SMILES string of the molecule is CN1CCN(c2cc(Nc3n[nH]c4ccc(F)cc34)nc(C3CCCCC3)n2)CC1.[HH]. The summed E-state index contributed by atoms with van der Waals surface area (Å²) in [5.74, 6) is 3.31. The van der Waals surface area contributed by atoms with Gasteiger partial charge in [-0.3, -0.25) is 5.10 Å². The molecule has 1 aliphatic heterocycles. The van der Waals surface area contributed by atoms with Crippen molar-refractivity contribution >= 4 is 28.4 Å². The molecule has 30 heavy (non-hydrogen) atoms. The van der Waals surface area contributed by atoms with E-state index in [0.717, 1.165) is 62.0 Å². The monoisotopic (exact) mass is 411 g/mol. The fourth-order valence-electron chi connectivity index (χ4n) is 4.46. The molecule has 1 aromatic carbocycles. The summed E-state index contributed by atoms with van der Waals surface area (Å²) in [7, 11) is 2.15. The van der Waals surface area contributed by atoms with Crippen LogP contribution in [0.15, 0.2) is 24.3 Å². The van der Waals surface area contributed by atoms with Crippen LogP contribution in [0.4, 0.5) is 21.8 Å². The minimum Gasteiger partial charge on any atom is -0.354 e. The molecule has 1 saturated heterocycles. The van der Waals surface area contributed by atoms with Crippen molar-refractivity contribution in [1.82, 2.24) is 25.1 Å². The Hall–Kier alpha value is -2.74. The zero-order chi connectivity index (χ0) is 20.5. The van der Waals surface area contributed by atoms with Crippen LogP contribution < -0.4 is 10.2 Å². The number of aromatic amines is 1. The number of piperazine rings is 1. The second-order valence-corrected chi connectivity index (χ2v) is 8.48. The minimum absolute atomic E-state index is 0. The lowest BCUT2D eigenvalue weighted by molar-refractivity contribution is 0.311. The molecule has 5 rings (SSSR count). The number of hydrogen-bond donors (Lipinski definition) is 2. The number of halogens is 1. The molecule has 2 N–H and O–H groups in total. The standard InChI is InChI=1S/C22H28FN7.H2/c1-29-9-11-30(12-10-29)20-14-19(24-21(26-20)15-5-3-2-4-6-15)25-22-17-13-16(23)7-8-18(17)27-28-22;/h7-8,13-15H,2-6,9-12H2,1H3,(H2,24,25,26,27,28);1H. The van der Waals surface area contributed by atoms with Crippen LogP contribution in [0.25, 0.3) is 10.9 Å². The highest BCUT2D eigenvalue weighted by molar-refractivity contribution is 5.91. The number of H-pyrrole nitrogens is 1. The van der Waals surface area contributed by atoms with E-state index >= 15 is 0 Å². The van der Waals surface area contributed by atoms with Gasteiger partial charge < -0.3 is 15.1 Å². The Morgan fingerprint density at radius 2 is 1.87 bits per heavy atom. The molecule has 160 valence electrons. The summed E-state index contributed by atoms with van der Waals surface area (Å²) in [5.41, 5.74) is 0.791. The average Bonchev–Trinajstić information content (AvgIpc) is 3.16. The Morgan fingerprint density at radius 1 is 1.07 bits per heavy atom. The molecule has 1 aliphatic carbocycles. The number of hydrogen-bond acceptors (Lipinski definition) is 6. The third-order valence-electron chi connectivity index (χ3n) is 6.30. The molecule has 0 unspecified atom stereocenters. The first-order valence-electron chi connectivity index (χ1n) is 10.9. The van der Waals surface area contributed by atoms with Gasteiger partial charge in [0.2, 0.25) is 0 Å². The fraction of sp³-hybridized carbons (Fsp3) is 0.500. The average molecular weight is 412 g/mol. The van der Waals surface area contributed by atoms with Crippen LogP contribution in [0, 0.1) is 5.82 Å². The zero-order valence-electron chi connectivity index (χ0n) is 17.4. The predicted molar refractivity (Wildman–Crippen MR) is 119 cm³/mol. The topological polar surface area (TPSA) is 73.0 Å². The lowest BCUT2D eigenvalue weighted by Crippen LogP contribution is -2.45. The molecule has 0 bridgehead atoms. The largest absolute Gasteiger partial charge is 0.354 e. The van der Waals surface area contributed by atoms with E-state index in [1.807, 2.05) is 6.07 Å². The van der Waals surface area contributed by atoms with Crippen LogP contribution in [0.2, 0.25) is 0 Å². The van der Waals surface area contributed by atoms with E-state index in [0.29, 0.717) is 17.1 Å². The second kappa shape index (κ2) is 8.18. The maximum atomic E-state index is 13.8. The molecule has 3 aromatic rings. The van der Waals surface area contributed by atoms with Gasteiger partial charge in [-0.1, -0.05) is 19.3 Å². The van der Waals surface area contributed by atoms with E-state index < -0.39 is 0 Å². The number of nitrogens with zero attached hydrogens (tertiary/aromatic N) is 5. The van der Waals surface area contributed by atoms with E-state index in [2.05, 4.69) is 32.4 Å². The molecule has 0 atom stereocenters. The van der Waals surface area contributed by atoms with Gasteiger partial charge in [0.25, 0.3) is 0 Å². The number of anilines is 3. The highest BCUT2D eigenvalue weighted by atomic mass is 19.1. The minimum atomic E-state index is -0.282. The van der Waals surface area contributed by atoms with Crippen molar-refractivity contribution in [1.29, 1.82) is 0 Å². The van der Waals surface area contributed by atoms with Crippen molar-refractivity contribution in [3.8, 4) is 0 Å². The van der Waals surface area contributed by atoms with Gasteiger partial charge in [-0.25, -0.2) is 14.4 Å². The predicted octanol–water partition coefficient (Wildman–Crippen LogP) is 4.28. The number of nitrogens with one attached hydrogen (secondary N) is 2. The Morgan fingerprint density at radius 3 is 2.67 bits per heavy atom. The fourth-order valence-corrected chi connectivity index (χ4v) is 4.46. The summed E-state index contributed by atoms with van der Waals surface area (Å²) < 4.78 is 13.8. The lowest BCUT2D eigenvalue weighted by atomic mass is 9.88. The van der Waals surface area contributed by atoms with E-state index in [-0.39, 0.29) is 7.24 Å². The molecular formula is C22H30FN7. The number of benzene rings is 1. The second-order valence-electron chi connectivity index (χ2n) is 8.48. The van der Waals surface area contributed by atoms with Gasteiger partial charge in [0.05, 0.1) is 5.52 Å². The molecule has 0 radical (unpaired) electrons. The number of likely N-dealkylation sites (N-methyl/N-ethyl adjacent to an activating group) is 1. The van der Waals surface area contributed by atoms with Gasteiger partial charge in [-0.05, 0) is 38.1 Å². The molecular weight excluding hydrogens is 381 g/mol. The summed E-state index contributed by atoms with van der Waals surface area (Å²) in [5, 5.41) is 11.3. The van der Waals surface area contributed by atoms with E-state index in [1.54, 1.807) is 6.07 Å². The summed E-state index contributed by atoms with van der Waals surface area (Å²) in [4.78, 5) is 14.5. The third-order valence-corrected chi connectivity index (χ3v) is 6.30. The molecule has 2 fully saturated rings. The molecule has 8 heteroatoms. The van der Waals surface area contributed by atoms with Gasteiger partial charge in [0, 0.05) is 45.0 Å². The Bertz CT molecular complexity index is 1030. The van der Waals surface area contributed by atoms with Gasteiger partial charge in [0.1, 0.15) is 23.3 Å². The molecule has 2 aliphatic rings. The molecule has 2 aromatic heterocycles. The lowest BCUT2D eigenvalue weighted by Gasteiger charge is -2.33. The first-order valence-corrected chi connectivity index (χ1v) is 10.9. The van der Waals surface area contributed by atoms with Crippen molar-refractivity contribution in [2.24, 2.45) is 0 Å². The third kappa shape index (κ3) is 3.96. The molecule has 3 heterocycles. The van der Waals surface area contributed by atoms with Gasteiger partial charge in [0.15, 0.2) is 5.82 Å². The quantitative estimate of drug-likeness (QED) is 0.668. The normalized spacial score (nSPS) is 18.8. The van der Waals surface area contributed by atoms with E-state index in [9.17, 15) is 4.39 Å². The summed E-state index contributed by atoms with van der Waals surface area (Å²) in [6.45, 7) is 3.95. The van der Waals surface area contributed by atoms with Crippen molar-refractivity contribution in [2.75, 3.05) is 43.4 Å². The van der Waals surface area contributed by atoms with Crippen LogP contribution in [-0.2, 0) is 0 Å². The van der Waals surface area contributed by atoms with Crippen LogP contribution in [0.1, 0.15) is 45.3 Å². The Balaban J connectivity index is 0.00000231. The summed E-state index contributed by atoms with van der Waals surface area (Å²) in [6, 6.07) is 6.62. The van der Waals surface area contributed by atoms with Gasteiger partial charge in [-0.15, -0.1) is 0 Å². The van der Waals surface area contributed by atoms with Crippen molar-refractivity contribution < 1.29 is 5.82 Å². The molecule has 1 saturated carbocycles. The Labute approximate surface area is 177 Å². The number of aromatic nitrogens is 4. The van der Waals surface area contributed by atoms with Crippen LogP contribution in [0.5, 0.6) is 0 Å². The molecule has 0 spiro atoms. The number of rotatable bonds is 4. The van der Waals surface area contributed by atoms with Crippen molar-refractivity contribution in [3.05, 3.63) is 35.9 Å². The smallest absolute Gasteiger partial charge is 0.161 e. The Kier molecular flexibility index (Phi) is 5.25. The van der Waals surface area contributed by atoms with Crippen LogP contribution in [0.3, 0.4) is 0 Å². The van der Waals surface area contributed by atoms with E-state index in [4.69, 9.17) is 9.97 Å². The summed E-state index contributed by atoms with van der Waals surface area (Å²) in [6.07, 6.45) is 6.05. The summed E-state index contributed by atoms with van der Waals surface area (Å²) >= 11 is 0.